The highest BCUT2D eigenvalue weighted by Crippen LogP contribution is 2.46. The Balaban J connectivity index is 1.79. The molecule has 0 bridgehead atoms. The molecule has 1 aliphatic heterocycles. The van der Waals surface area contributed by atoms with Gasteiger partial charge in [0.05, 0.1) is 26.4 Å². The molecule has 1 N–H and O–H groups in total. The molecular formula is C30H33NO7. The second kappa shape index (κ2) is 11.5. The first-order chi connectivity index (χ1) is 18.3. The van der Waals surface area contributed by atoms with Crippen LogP contribution >= 0.6 is 0 Å². The van der Waals surface area contributed by atoms with Crippen LogP contribution in [0.3, 0.4) is 0 Å². The molecule has 4 rings (SSSR count). The maximum Gasteiger partial charge on any atom is 0.336 e. The van der Waals surface area contributed by atoms with Crippen LogP contribution in [0.5, 0.6) is 11.5 Å². The minimum atomic E-state index is -0.958. The molecule has 0 saturated heterocycles. The van der Waals surface area contributed by atoms with Crippen molar-refractivity contribution in [2.24, 2.45) is 11.8 Å². The number of dihydropyridines is 1. The zero-order valence-electron chi connectivity index (χ0n) is 22.3. The van der Waals surface area contributed by atoms with Crippen LogP contribution in [0.4, 0.5) is 0 Å². The minimum absolute atomic E-state index is 0.180. The Morgan fingerprint density at radius 2 is 1.79 bits per heavy atom. The van der Waals surface area contributed by atoms with Crippen molar-refractivity contribution >= 4 is 17.7 Å². The Morgan fingerprint density at radius 1 is 1.05 bits per heavy atom. The molecule has 0 fully saturated rings. The number of carbonyl (C=O) groups excluding carboxylic acids is 3. The van der Waals surface area contributed by atoms with E-state index in [-0.39, 0.29) is 18.3 Å². The van der Waals surface area contributed by atoms with Crippen molar-refractivity contribution in [3.8, 4) is 11.5 Å². The highest BCUT2D eigenvalue weighted by molar-refractivity contribution is 6.12. The number of rotatable bonds is 8. The summed E-state index contributed by atoms with van der Waals surface area (Å²) in [5.41, 5.74) is 3.64. The molecule has 2 aromatic rings. The van der Waals surface area contributed by atoms with E-state index in [0.717, 1.165) is 5.56 Å². The van der Waals surface area contributed by atoms with E-state index in [1.54, 1.807) is 26.0 Å². The summed E-state index contributed by atoms with van der Waals surface area (Å²) >= 11 is 0. The summed E-state index contributed by atoms with van der Waals surface area (Å²) in [6.45, 7) is 5.90. The fourth-order valence-corrected chi connectivity index (χ4v) is 5.21. The van der Waals surface area contributed by atoms with E-state index in [1.165, 1.54) is 14.2 Å². The van der Waals surface area contributed by atoms with Gasteiger partial charge in [0.25, 0.3) is 0 Å². The van der Waals surface area contributed by atoms with Crippen LogP contribution < -0.4 is 14.8 Å². The van der Waals surface area contributed by atoms with Gasteiger partial charge in [0.1, 0.15) is 12.5 Å². The molecular weight excluding hydrogens is 486 g/mol. The molecule has 200 valence electrons. The summed E-state index contributed by atoms with van der Waals surface area (Å²) in [5, 5.41) is 3.25. The van der Waals surface area contributed by atoms with Gasteiger partial charge in [-0.25, -0.2) is 4.79 Å². The molecule has 2 aliphatic rings. The van der Waals surface area contributed by atoms with Gasteiger partial charge in [-0.15, -0.1) is 0 Å². The number of esters is 2. The van der Waals surface area contributed by atoms with Crippen LogP contribution in [0.2, 0.25) is 0 Å². The van der Waals surface area contributed by atoms with Crippen molar-refractivity contribution in [1.82, 2.24) is 5.32 Å². The topological polar surface area (TPSA) is 100 Å². The molecule has 1 aliphatic carbocycles. The zero-order valence-corrected chi connectivity index (χ0v) is 22.3. The van der Waals surface area contributed by atoms with E-state index in [4.69, 9.17) is 18.9 Å². The van der Waals surface area contributed by atoms with Gasteiger partial charge >= 0.3 is 11.9 Å². The Morgan fingerprint density at radius 3 is 2.45 bits per heavy atom. The van der Waals surface area contributed by atoms with Crippen molar-refractivity contribution in [3.63, 3.8) is 0 Å². The molecule has 0 spiro atoms. The summed E-state index contributed by atoms with van der Waals surface area (Å²) in [5.74, 6) is -2.46. The summed E-state index contributed by atoms with van der Waals surface area (Å²) in [6.07, 6.45) is 0.459. The van der Waals surface area contributed by atoms with E-state index < -0.39 is 23.8 Å². The predicted octanol–water partition coefficient (Wildman–Crippen LogP) is 4.45. The van der Waals surface area contributed by atoms with Crippen LogP contribution in [-0.2, 0) is 30.5 Å². The van der Waals surface area contributed by atoms with Gasteiger partial charge < -0.3 is 24.3 Å². The van der Waals surface area contributed by atoms with Crippen LogP contribution in [0.25, 0.3) is 0 Å². The SMILES string of the molecule is CCOC(=O)C1=C(C)NC2=C(C(=O)C(C(=O)OC)C(C)C2)C1c1ccc(OCc2ccccc2)c(OC)c1. The van der Waals surface area contributed by atoms with E-state index in [9.17, 15) is 14.4 Å². The second-order valence-corrected chi connectivity index (χ2v) is 9.44. The maximum absolute atomic E-state index is 13.8. The number of nitrogens with one attached hydrogen (secondary N) is 1. The monoisotopic (exact) mass is 519 g/mol. The molecule has 3 unspecified atom stereocenters. The van der Waals surface area contributed by atoms with Gasteiger partial charge in [0, 0.05) is 22.9 Å². The number of benzene rings is 2. The first kappa shape index (κ1) is 27.0. The van der Waals surface area contributed by atoms with E-state index in [0.29, 0.717) is 52.6 Å². The molecule has 0 amide bonds. The van der Waals surface area contributed by atoms with Gasteiger partial charge in [-0.1, -0.05) is 43.3 Å². The Hall–Kier alpha value is -4.07. The van der Waals surface area contributed by atoms with Gasteiger partial charge in [-0.2, -0.15) is 0 Å². The summed E-state index contributed by atoms with van der Waals surface area (Å²) in [7, 11) is 2.81. The lowest BCUT2D eigenvalue weighted by molar-refractivity contribution is -0.151. The highest BCUT2D eigenvalue weighted by atomic mass is 16.5. The number of ketones is 1. The first-order valence-electron chi connectivity index (χ1n) is 12.6. The van der Waals surface area contributed by atoms with Crippen LogP contribution in [0.15, 0.2) is 71.1 Å². The Labute approximate surface area is 222 Å². The lowest BCUT2D eigenvalue weighted by atomic mass is 9.69. The van der Waals surface area contributed by atoms with Crippen molar-refractivity contribution < 1.29 is 33.3 Å². The van der Waals surface area contributed by atoms with Crippen LogP contribution in [0.1, 0.15) is 44.2 Å². The second-order valence-electron chi connectivity index (χ2n) is 9.44. The molecule has 3 atom stereocenters. The Bertz CT molecular complexity index is 1290. The number of methoxy groups -OCH3 is 2. The highest BCUT2D eigenvalue weighted by Gasteiger charge is 2.47. The Kier molecular flexibility index (Phi) is 8.20. The summed E-state index contributed by atoms with van der Waals surface area (Å²) < 4.78 is 22.0. The average molecular weight is 520 g/mol. The smallest absolute Gasteiger partial charge is 0.336 e. The van der Waals surface area contributed by atoms with E-state index in [2.05, 4.69) is 5.32 Å². The maximum atomic E-state index is 13.8. The van der Waals surface area contributed by atoms with Crippen molar-refractivity contribution in [3.05, 3.63) is 82.2 Å². The van der Waals surface area contributed by atoms with Gasteiger partial charge in [0.2, 0.25) is 0 Å². The summed E-state index contributed by atoms with van der Waals surface area (Å²) in [6, 6.07) is 15.1. The molecule has 0 saturated carbocycles. The van der Waals surface area contributed by atoms with Crippen molar-refractivity contribution in [2.75, 3.05) is 20.8 Å². The van der Waals surface area contributed by atoms with E-state index in [1.807, 2.05) is 43.3 Å². The van der Waals surface area contributed by atoms with Crippen LogP contribution in [0, 0.1) is 11.8 Å². The van der Waals surface area contributed by atoms with Crippen molar-refractivity contribution in [1.29, 1.82) is 0 Å². The standard InChI is InChI=1S/C30H33NO7/c1-6-37-30(34)25-18(3)31-21-14-17(2)24(29(33)36-5)28(32)27(21)26(25)20-12-13-22(23(15-20)35-4)38-16-19-10-8-7-9-11-19/h7-13,15,17,24,26,31H,6,14,16H2,1-5H3. The van der Waals surface area contributed by atoms with Gasteiger partial charge in [-0.05, 0) is 49.4 Å². The number of hydrogen-bond acceptors (Lipinski definition) is 8. The quantitative estimate of drug-likeness (QED) is 0.403. The predicted molar refractivity (Wildman–Crippen MR) is 140 cm³/mol. The fourth-order valence-electron chi connectivity index (χ4n) is 5.21. The molecule has 8 nitrogen and oxygen atoms in total. The summed E-state index contributed by atoms with van der Waals surface area (Å²) in [4.78, 5) is 39.6. The largest absolute Gasteiger partial charge is 0.493 e. The molecule has 0 aromatic heterocycles. The zero-order chi connectivity index (χ0) is 27.4. The number of carbonyl (C=O) groups is 3. The first-order valence-corrected chi connectivity index (χ1v) is 12.6. The lowest BCUT2D eigenvalue weighted by Crippen LogP contribution is -2.43. The number of ether oxygens (including phenoxy) is 4. The fraction of sp³-hybridized carbons (Fsp3) is 0.367. The molecule has 38 heavy (non-hydrogen) atoms. The minimum Gasteiger partial charge on any atom is -0.493 e. The number of allylic oxidation sites excluding steroid dienone is 3. The molecule has 2 aromatic carbocycles. The van der Waals surface area contributed by atoms with Crippen molar-refractivity contribution in [2.45, 2.75) is 39.7 Å². The normalized spacial score (nSPS) is 20.9. The molecule has 0 radical (unpaired) electrons. The third-order valence-corrected chi connectivity index (χ3v) is 7.00. The number of hydrogen-bond donors (Lipinski definition) is 1. The van der Waals surface area contributed by atoms with Gasteiger partial charge in [0.15, 0.2) is 17.3 Å². The lowest BCUT2D eigenvalue weighted by Gasteiger charge is -2.38. The third kappa shape index (κ3) is 5.16. The molecule has 8 heteroatoms. The number of Topliss-reactive ketones (excluding diaryl/α,β-unsaturated/α-hetero) is 1. The average Bonchev–Trinajstić information content (AvgIpc) is 2.91. The van der Waals surface area contributed by atoms with E-state index >= 15 is 0 Å². The third-order valence-electron chi connectivity index (χ3n) is 7.00. The van der Waals surface area contributed by atoms with Gasteiger partial charge in [-0.3, -0.25) is 9.59 Å². The van der Waals surface area contributed by atoms with Crippen LogP contribution in [-0.4, -0.2) is 38.5 Å². The molecule has 1 heterocycles.